The molecular formula is C31H34FN5O6S. The maximum absolute atomic E-state index is 14.7. The van der Waals surface area contributed by atoms with Crippen LogP contribution in [-0.2, 0) is 32.3 Å². The van der Waals surface area contributed by atoms with Gasteiger partial charge in [-0.25, -0.2) is 27.4 Å². The fourth-order valence-electron chi connectivity index (χ4n) is 4.64. The molecule has 0 fully saturated rings. The van der Waals surface area contributed by atoms with Crippen LogP contribution >= 0.6 is 0 Å². The van der Waals surface area contributed by atoms with E-state index in [4.69, 9.17) is 10.5 Å². The Labute approximate surface area is 254 Å². The fraction of sp³-hybridized carbons (Fsp3) is 0.258. The fourth-order valence-corrected chi connectivity index (χ4v) is 5.90. The number of amides is 1. The van der Waals surface area contributed by atoms with E-state index in [-0.39, 0.29) is 28.4 Å². The van der Waals surface area contributed by atoms with Crippen LogP contribution in [0.3, 0.4) is 0 Å². The van der Waals surface area contributed by atoms with E-state index in [1.54, 1.807) is 63.4 Å². The normalized spacial score (nSPS) is 12.2. The Balaban J connectivity index is 1.36. The standard InChI is InChI=1S/C31H34FN5O6S/c1-18(2)44(41,42)26-9-8-23(15-22(26)17-34-3)37-31(40)43-13-11-19-4-6-20(7-5-19)28(30(38)39)36-24-14-21-10-12-35-29(33)27(21)25(32)16-24/h4-10,12,14-16,18,28,34,36H,11,13,17H2,1-3H3,(H2,33,35)(H,37,40)(H,38,39). The van der Waals surface area contributed by atoms with Crippen LogP contribution in [-0.4, -0.2) is 49.5 Å². The minimum atomic E-state index is -3.50. The summed E-state index contributed by atoms with van der Waals surface area (Å²) in [4.78, 5) is 28.6. The zero-order valence-electron chi connectivity index (χ0n) is 24.4. The smallest absolute Gasteiger partial charge is 0.411 e. The maximum atomic E-state index is 14.7. The molecule has 1 amide bonds. The highest BCUT2D eigenvalue weighted by molar-refractivity contribution is 7.92. The van der Waals surface area contributed by atoms with Crippen LogP contribution in [0.2, 0.25) is 0 Å². The zero-order chi connectivity index (χ0) is 32.0. The molecule has 232 valence electrons. The van der Waals surface area contributed by atoms with Gasteiger partial charge in [-0.1, -0.05) is 24.3 Å². The first-order valence-corrected chi connectivity index (χ1v) is 15.3. The second-order valence-electron chi connectivity index (χ2n) is 10.4. The average Bonchev–Trinajstić information content (AvgIpc) is 2.96. The van der Waals surface area contributed by atoms with Crippen molar-refractivity contribution in [2.75, 3.05) is 30.0 Å². The number of pyridine rings is 1. The first kappa shape index (κ1) is 32.2. The largest absolute Gasteiger partial charge is 0.479 e. The lowest BCUT2D eigenvalue weighted by molar-refractivity contribution is -0.138. The number of hydrogen-bond donors (Lipinski definition) is 5. The lowest BCUT2D eigenvalue weighted by Gasteiger charge is -2.17. The summed E-state index contributed by atoms with van der Waals surface area (Å²) in [6.07, 6.45) is 1.11. The molecule has 13 heteroatoms. The highest BCUT2D eigenvalue weighted by Gasteiger charge is 2.23. The molecule has 3 aromatic carbocycles. The van der Waals surface area contributed by atoms with Crippen LogP contribution in [0.5, 0.6) is 0 Å². The van der Waals surface area contributed by atoms with Crippen LogP contribution in [0.1, 0.15) is 36.6 Å². The second-order valence-corrected chi connectivity index (χ2v) is 12.8. The Bertz CT molecular complexity index is 1780. The van der Waals surface area contributed by atoms with Gasteiger partial charge in [0, 0.05) is 30.5 Å². The van der Waals surface area contributed by atoms with Crippen molar-refractivity contribution < 1.29 is 32.2 Å². The predicted octanol–water partition coefficient (Wildman–Crippen LogP) is 4.89. The first-order chi connectivity index (χ1) is 20.9. The van der Waals surface area contributed by atoms with Gasteiger partial charge in [-0.05, 0) is 79.4 Å². The van der Waals surface area contributed by atoms with Gasteiger partial charge in [0.15, 0.2) is 15.9 Å². The number of benzene rings is 3. The lowest BCUT2D eigenvalue weighted by atomic mass is 10.0. The van der Waals surface area contributed by atoms with E-state index in [0.29, 0.717) is 35.2 Å². The molecule has 1 aromatic heterocycles. The molecule has 6 N–H and O–H groups in total. The molecular weight excluding hydrogens is 589 g/mol. The second kappa shape index (κ2) is 13.7. The Kier molecular flexibility index (Phi) is 10.0. The van der Waals surface area contributed by atoms with Crippen molar-refractivity contribution in [3.05, 3.63) is 89.4 Å². The van der Waals surface area contributed by atoms with Crippen molar-refractivity contribution >= 4 is 49.9 Å². The topological polar surface area (TPSA) is 173 Å². The number of rotatable bonds is 12. The van der Waals surface area contributed by atoms with E-state index in [1.165, 1.54) is 24.4 Å². The number of anilines is 3. The number of nitrogens with one attached hydrogen (secondary N) is 3. The van der Waals surface area contributed by atoms with Gasteiger partial charge >= 0.3 is 12.1 Å². The Hall–Kier alpha value is -4.75. The minimum absolute atomic E-state index is 0.0450. The van der Waals surface area contributed by atoms with E-state index in [2.05, 4.69) is 20.9 Å². The van der Waals surface area contributed by atoms with E-state index < -0.39 is 39.0 Å². The molecule has 1 unspecified atom stereocenters. The number of fused-ring (bicyclic) bond motifs is 1. The van der Waals surface area contributed by atoms with Crippen molar-refractivity contribution in [2.24, 2.45) is 0 Å². The lowest BCUT2D eigenvalue weighted by Crippen LogP contribution is -2.20. The molecule has 4 aromatic rings. The molecule has 0 bridgehead atoms. The number of carbonyl (C=O) groups is 2. The van der Waals surface area contributed by atoms with E-state index in [9.17, 15) is 27.5 Å². The maximum Gasteiger partial charge on any atom is 0.411 e. The van der Waals surface area contributed by atoms with Crippen molar-refractivity contribution in [3.8, 4) is 0 Å². The number of hydrogen-bond acceptors (Lipinski definition) is 9. The molecule has 1 atom stereocenters. The molecule has 0 spiro atoms. The summed E-state index contributed by atoms with van der Waals surface area (Å²) in [7, 11) is -1.80. The number of sulfone groups is 1. The van der Waals surface area contributed by atoms with Crippen molar-refractivity contribution in [1.29, 1.82) is 0 Å². The van der Waals surface area contributed by atoms with Crippen LogP contribution < -0.4 is 21.7 Å². The third kappa shape index (κ3) is 7.41. The van der Waals surface area contributed by atoms with Gasteiger partial charge in [0.1, 0.15) is 11.6 Å². The number of aliphatic carboxylic acids is 1. The summed E-state index contributed by atoms with van der Waals surface area (Å²) in [5.74, 6) is -1.72. The third-order valence-corrected chi connectivity index (χ3v) is 9.19. The molecule has 11 nitrogen and oxygen atoms in total. The predicted molar refractivity (Wildman–Crippen MR) is 167 cm³/mol. The first-order valence-electron chi connectivity index (χ1n) is 13.8. The monoisotopic (exact) mass is 623 g/mol. The Morgan fingerprint density at radius 1 is 1.05 bits per heavy atom. The summed E-state index contributed by atoms with van der Waals surface area (Å²) in [6.45, 7) is 3.57. The van der Waals surface area contributed by atoms with Gasteiger partial charge in [0.25, 0.3) is 0 Å². The van der Waals surface area contributed by atoms with Crippen LogP contribution in [0.25, 0.3) is 10.8 Å². The number of nitrogens with zero attached hydrogens (tertiary/aromatic N) is 1. The Morgan fingerprint density at radius 2 is 1.77 bits per heavy atom. The summed E-state index contributed by atoms with van der Waals surface area (Å²) in [5, 5.41) is 18.3. The van der Waals surface area contributed by atoms with Gasteiger partial charge < -0.3 is 26.2 Å². The highest BCUT2D eigenvalue weighted by Crippen LogP contribution is 2.29. The SMILES string of the molecule is CNCc1cc(NC(=O)OCCc2ccc(C(Nc3cc(F)c4c(N)nccc4c3)C(=O)O)cc2)ccc1S(=O)(=O)C(C)C. The van der Waals surface area contributed by atoms with Crippen LogP contribution in [0.4, 0.5) is 26.4 Å². The molecule has 0 radical (unpaired) electrons. The number of aromatic nitrogens is 1. The zero-order valence-corrected chi connectivity index (χ0v) is 25.2. The van der Waals surface area contributed by atoms with E-state index in [0.717, 1.165) is 5.56 Å². The molecule has 0 aliphatic rings. The third-order valence-electron chi connectivity index (χ3n) is 6.94. The molecule has 1 heterocycles. The molecule has 4 rings (SSSR count). The van der Waals surface area contributed by atoms with Crippen molar-refractivity contribution in [2.45, 2.75) is 43.0 Å². The molecule has 0 saturated heterocycles. The van der Waals surface area contributed by atoms with Gasteiger partial charge in [-0.3, -0.25) is 5.32 Å². The van der Waals surface area contributed by atoms with Crippen LogP contribution in [0.15, 0.2) is 71.8 Å². The number of ether oxygens (including phenoxy) is 1. The molecule has 0 saturated carbocycles. The number of nitrogens with two attached hydrogens (primary N) is 1. The number of carboxylic acid groups (broad SMARTS) is 1. The number of carboxylic acids is 1. The van der Waals surface area contributed by atoms with E-state index >= 15 is 0 Å². The highest BCUT2D eigenvalue weighted by atomic mass is 32.2. The summed E-state index contributed by atoms with van der Waals surface area (Å²) < 4.78 is 45.3. The van der Waals surface area contributed by atoms with Gasteiger partial charge in [-0.2, -0.15) is 0 Å². The van der Waals surface area contributed by atoms with E-state index in [1.807, 2.05) is 0 Å². The summed E-state index contributed by atoms with van der Waals surface area (Å²) in [5.41, 5.74) is 8.20. The van der Waals surface area contributed by atoms with Gasteiger partial charge in [0.2, 0.25) is 0 Å². The van der Waals surface area contributed by atoms with Crippen molar-refractivity contribution in [1.82, 2.24) is 10.3 Å². The summed E-state index contributed by atoms with van der Waals surface area (Å²) >= 11 is 0. The number of carbonyl (C=O) groups excluding carboxylic acids is 1. The van der Waals surface area contributed by atoms with Gasteiger partial charge in [-0.15, -0.1) is 0 Å². The quantitative estimate of drug-likeness (QED) is 0.146. The minimum Gasteiger partial charge on any atom is -0.479 e. The number of nitrogen functional groups attached to an aromatic ring is 1. The molecule has 44 heavy (non-hydrogen) atoms. The Morgan fingerprint density at radius 3 is 2.43 bits per heavy atom. The molecule has 0 aliphatic heterocycles. The number of halogens is 1. The van der Waals surface area contributed by atoms with Crippen molar-refractivity contribution in [3.63, 3.8) is 0 Å². The van der Waals surface area contributed by atoms with Crippen LogP contribution in [0, 0.1) is 5.82 Å². The molecule has 0 aliphatic carbocycles. The van der Waals surface area contributed by atoms with Gasteiger partial charge in [0.05, 0.1) is 22.1 Å². The average molecular weight is 624 g/mol. The summed E-state index contributed by atoms with van der Waals surface area (Å²) in [6, 6.07) is 14.5.